The van der Waals surface area contributed by atoms with Crippen LogP contribution in [-0.4, -0.2) is 23.7 Å². The Morgan fingerprint density at radius 2 is 2.31 bits per heavy atom. The second-order valence-electron chi connectivity index (χ2n) is 2.27. The van der Waals surface area contributed by atoms with E-state index >= 15 is 0 Å². The Morgan fingerprint density at radius 1 is 1.54 bits per heavy atom. The first-order valence-corrected chi connectivity index (χ1v) is 4.50. The Kier molecular flexibility index (Phi) is 3.45. The van der Waals surface area contributed by atoms with Gasteiger partial charge in [-0.15, -0.1) is 11.3 Å². The third kappa shape index (κ3) is 3.25. The second kappa shape index (κ2) is 4.61. The van der Waals surface area contributed by atoms with Crippen LogP contribution in [0.25, 0.3) is 0 Å². The summed E-state index contributed by atoms with van der Waals surface area (Å²) in [6.07, 6.45) is 0.566. The fourth-order valence-electron chi connectivity index (χ4n) is 0.761. The highest BCUT2D eigenvalue weighted by molar-refractivity contribution is 7.09. The van der Waals surface area contributed by atoms with Crippen LogP contribution in [0.15, 0.2) is 17.5 Å². The lowest BCUT2D eigenvalue weighted by Gasteiger charge is -1.98. The van der Waals surface area contributed by atoms with E-state index in [9.17, 15) is 9.59 Å². The molecular weight excluding hydrogens is 192 g/mol. The van der Waals surface area contributed by atoms with Gasteiger partial charge in [-0.3, -0.25) is 0 Å². The number of carboxylic acids is 1. The molecule has 1 aromatic heterocycles. The lowest BCUT2D eigenvalue weighted by molar-refractivity contribution is -0.163. The van der Waals surface area contributed by atoms with Crippen LogP contribution in [0.4, 0.5) is 0 Å². The molecular formula is C8H8O4S. The summed E-state index contributed by atoms with van der Waals surface area (Å²) >= 11 is 1.54. The number of hydrogen-bond acceptors (Lipinski definition) is 4. The number of esters is 1. The summed E-state index contributed by atoms with van der Waals surface area (Å²) in [5.74, 6) is -2.75. The fraction of sp³-hybridized carbons (Fsp3) is 0.250. The van der Waals surface area contributed by atoms with E-state index < -0.39 is 11.9 Å². The minimum absolute atomic E-state index is 0.117. The molecule has 5 heteroatoms. The van der Waals surface area contributed by atoms with Gasteiger partial charge in [-0.2, -0.15) is 0 Å². The molecule has 1 N–H and O–H groups in total. The lowest BCUT2D eigenvalue weighted by Crippen LogP contribution is -2.17. The van der Waals surface area contributed by atoms with Gasteiger partial charge in [0.25, 0.3) is 0 Å². The van der Waals surface area contributed by atoms with Crippen molar-refractivity contribution >= 4 is 23.3 Å². The minimum Gasteiger partial charge on any atom is -0.473 e. The van der Waals surface area contributed by atoms with E-state index in [0.717, 1.165) is 4.88 Å². The zero-order valence-electron chi connectivity index (χ0n) is 6.73. The molecule has 0 bridgehead atoms. The summed E-state index contributed by atoms with van der Waals surface area (Å²) in [5, 5.41) is 10.1. The lowest BCUT2D eigenvalue weighted by atomic mass is 10.4. The van der Waals surface area contributed by atoms with Gasteiger partial charge in [-0.25, -0.2) is 9.59 Å². The molecule has 0 fully saturated rings. The first kappa shape index (κ1) is 9.73. The van der Waals surface area contributed by atoms with E-state index in [1.165, 1.54) is 0 Å². The Labute approximate surface area is 78.8 Å². The normalized spacial score (nSPS) is 9.54. The maximum atomic E-state index is 10.5. The number of carbonyl (C=O) groups excluding carboxylic acids is 1. The minimum atomic E-state index is -1.55. The number of ether oxygens (including phenoxy) is 1. The average Bonchev–Trinajstić information content (AvgIpc) is 2.56. The molecule has 4 nitrogen and oxygen atoms in total. The van der Waals surface area contributed by atoms with Crippen LogP contribution in [0.1, 0.15) is 4.88 Å². The second-order valence-corrected chi connectivity index (χ2v) is 3.30. The van der Waals surface area contributed by atoms with Crippen molar-refractivity contribution in [2.24, 2.45) is 0 Å². The van der Waals surface area contributed by atoms with Crippen LogP contribution < -0.4 is 0 Å². The highest BCUT2D eigenvalue weighted by atomic mass is 32.1. The molecule has 0 amide bonds. The first-order valence-electron chi connectivity index (χ1n) is 3.62. The molecule has 13 heavy (non-hydrogen) atoms. The average molecular weight is 200 g/mol. The predicted octanol–water partition coefficient (Wildman–Crippen LogP) is 0.918. The van der Waals surface area contributed by atoms with Crippen LogP contribution in [0.3, 0.4) is 0 Å². The van der Waals surface area contributed by atoms with E-state index in [1.807, 2.05) is 17.5 Å². The predicted molar refractivity (Wildman–Crippen MR) is 46.6 cm³/mol. The van der Waals surface area contributed by atoms with Crippen molar-refractivity contribution in [2.45, 2.75) is 6.42 Å². The van der Waals surface area contributed by atoms with Crippen LogP contribution >= 0.6 is 11.3 Å². The molecule has 1 aromatic rings. The van der Waals surface area contributed by atoms with Crippen molar-refractivity contribution in [3.63, 3.8) is 0 Å². The van der Waals surface area contributed by atoms with Crippen molar-refractivity contribution in [2.75, 3.05) is 6.61 Å². The van der Waals surface area contributed by atoms with Gasteiger partial charge < -0.3 is 9.84 Å². The fourth-order valence-corrected chi connectivity index (χ4v) is 1.45. The van der Waals surface area contributed by atoms with E-state index in [4.69, 9.17) is 5.11 Å². The molecule has 0 aliphatic carbocycles. The van der Waals surface area contributed by atoms with Crippen molar-refractivity contribution in [3.8, 4) is 0 Å². The Balaban J connectivity index is 2.22. The van der Waals surface area contributed by atoms with E-state index in [-0.39, 0.29) is 6.61 Å². The quantitative estimate of drug-likeness (QED) is 0.582. The van der Waals surface area contributed by atoms with Crippen molar-refractivity contribution in [1.29, 1.82) is 0 Å². The van der Waals surface area contributed by atoms with Crippen LogP contribution in [0.2, 0.25) is 0 Å². The van der Waals surface area contributed by atoms with Gasteiger partial charge in [0.2, 0.25) is 0 Å². The van der Waals surface area contributed by atoms with Gasteiger partial charge in [0.05, 0.1) is 6.61 Å². The molecule has 0 spiro atoms. The maximum Gasteiger partial charge on any atom is 0.417 e. The maximum absolute atomic E-state index is 10.5. The molecule has 1 heterocycles. The number of hydrogen-bond donors (Lipinski definition) is 1. The van der Waals surface area contributed by atoms with Crippen molar-refractivity contribution < 1.29 is 19.4 Å². The van der Waals surface area contributed by atoms with Crippen molar-refractivity contribution in [3.05, 3.63) is 22.4 Å². The van der Waals surface area contributed by atoms with Crippen LogP contribution in [0, 0.1) is 0 Å². The SMILES string of the molecule is O=C(O)C(=O)OCCc1cccs1. The summed E-state index contributed by atoms with van der Waals surface area (Å²) < 4.78 is 4.44. The monoisotopic (exact) mass is 200 g/mol. The van der Waals surface area contributed by atoms with Gasteiger partial charge in [-0.1, -0.05) is 6.07 Å². The van der Waals surface area contributed by atoms with Gasteiger partial charge >= 0.3 is 11.9 Å². The summed E-state index contributed by atoms with van der Waals surface area (Å²) in [6, 6.07) is 3.79. The van der Waals surface area contributed by atoms with E-state index in [0.29, 0.717) is 6.42 Å². The summed E-state index contributed by atoms with van der Waals surface area (Å²) in [5.41, 5.74) is 0. The molecule has 1 rings (SSSR count). The molecule has 0 aromatic carbocycles. The Hall–Kier alpha value is -1.36. The molecule has 0 aliphatic heterocycles. The summed E-state index contributed by atoms with van der Waals surface area (Å²) in [4.78, 5) is 21.5. The molecule has 70 valence electrons. The van der Waals surface area contributed by atoms with Crippen molar-refractivity contribution in [1.82, 2.24) is 0 Å². The van der Waals surface area contributed by atoms with E-state index in [1.54, 1.807) is 11.3 Å². The first-order chi connectivity index (χ1) is 6.20. The van der Waals surface area contributed by atoms with Gasteiger partial charge in [0.1, 0.15) is 0 Å². The standard InChI is InChI=1S/C8H8O4S/c9-7(10)8(11)12-4-3-6-2-1-5-13-6/h1-2,5H,3-4H2,(H,9,10). The van der Waals surface area contributed by atoms with Gasteiger partial charge in [0, 0.05) is 11.3 Å². The molecule has 0 aliphatic rings. The van der Waals surface area contributed by atoms with Crippen LogP contribution in [0.5, 0.6) is 0 Å². The summed E-state index contributed by atoms with van der Waals surface area (Å²) in [6.45, 7) is 0.117. The number of carboxylic acid groups (broad SMARTS) is 1. The smallest absolute Gasteiger partial charge is 0.417 e. The number of rotatable bonds is 3. The highest BCUT2D eigenvalue weighted by Crippen LogP contribution is 2.08. The van der Waals surface area contributed by atoms with Crippen LogP contribution in [-0.2, 0) is 20.7 Å². The third-order valence-corrected chi connectivity index (χ3v) is 2.27. The Bertz CT molecular complexity index is 291. The highest BCUT2D eigenvalue weighted by Gasteiger charge is 2.11. The zero-order chi connectivity index (χ0) is 9.68. The Morgan fingerprint density at radius 3 is 2.85 bits per heavy atom. The number of thiophene rings is 1. The third-order valence-electron chi connectivity index (χ3n) is 1.34. The molecule has 0 atom stereocenters. The molecule has 0 unspecified atom stereocenters. The van der Waals surface area contributed by atoms with Gasteiger partial charge in [0.15, 0.2) is 0 Å². The largest absolute Gasteiger partial charge is 0.473 e. The zero-order valence-corrected chi connectivity index (χ0v) is 7.54. The summed E-state index contributed by atoms with van der Waals surface area (Å²) in [7, 11) is 0. The van der Waals surface area contributed by atoms with Gasteiger partial charge in [-0.05, 0) is 11.4 Å². The molecule has 0 saturated carbocycles. The number of aliphatic carboxylic acids is 1. The number of carbonyl (C=O) groups is 2. The molecule has 0 saturated heterocycles. The van der Waals surface area contributed by atoms with E-state index in [2.05, 4.69) is 4.74 Å². The topological polar surface area (TPSA) is 63.6 Å². The molecule has 0 radical (unpaired) electrons.